The molecule has 0 bridgehead atoms. The molecule has 0 aliphatic rings. The molecule has 7 nitrogen and oxygen atoms in total. The lowest BCUT2D eigenvalue weighted by Crippen LogP contribution is -2.24. The Labute approximate surface area is 139 Å². The second-order valence-electron chi connectivity index (χ2n) is 5.70. The second-order valence-corrected chi connectivity index (χ2v) is 5.70. The number of aromatic amines is 1. The molecule has 0 saturated carbocycles. The van der Waals surface area contributed by atoms with Crippen molar-refractivity contribution in [2.75, 3.05) is 13.7 Å². The number of ether oxygens (including phenoxy) is 1. The summed E-state index contributed by atoms with van der Waals surface area (Å²) < 4.78 is 10.0. The number of aromatic nitrogens is 3. The van der Waals surface area contributed by atoms with Gasteiger partial charge in [0.2, 0.25) is 5.89 Å². The molecule has 1 aromatic carbocycles. The molecule has 0 aliphatic heterocycles. The van der Waals surface area contributed by atoms with E-state index in [0.717, 1.165) is 22.0 Å². The number of nitrogens with zero attached hydrogens (tertiary/aromatic N) is 2. The molecule has 2 aromatic heterocycles. The van der Waals surface area contributed by atoms with E-state index in [9.17, 15) is 4.79 Å². The summed E-state index contributed by atoms with van der Waals surface area (Å²) in [4.78, 5) is 19.8. The van der Waals surface area contributed by atoms with E-state index in [1.165, 1.54) is 0 Å². The molecule has 0 saturated heterocycles. The Morgan fingerprint density at radius 1 is 1.38 bits per heavy atom. The normalized spacial score (nSPS) is 11.1. The van der Waals surface area contributed by atoms with Crippen molar-refractivity contribution >= 4 is 16.8 Å². The third kappa shape index (κ3) is 3.30. The van der Waals surface area contributed by atoms with Crippen molar-refractivity contribution in [3.63, 3.8) is 0 Å². The summed E-state index contributed by atoms with van der Waals surface area (Å²) in [6.07, 6.45) is 0.553. The van der Waals surface area contributed by atoms with E-state index >= 15 is 0 Å². The van der Waals surface area contributed by atoms with Crippen LogP contribution in [0.25, 0.3) is 10.9 Å². The Balaban J connectivity index is 1.69. The van der Waals surface area contributed by atoms with Gasteiger partial charge in [0, 0.05) is 18.0 Å². The number of hydrogen-bond acceptors (Lipinski definition) is 5. The lowest BCUT2D eigenvalue weighted by Gasteiger charge is -2.01. The van der Waals surface area contributed by atoms with Crippen LogP contribution in [0, 0.1) is 13.8 Å². The third-order valence-electron chi connectivity index (χ3n) is 3.88. The molecule has 7 heteroatoms. The summed E-state index contributed by atoms with van der Waals surface area (Å²) in [5.74, 6) is 0.752. The number of nitrogens with one attached hydrogen (secondary N) is 2. The van der Waals surface area contributed by atoms with Gasteiger partial charge in [-0.15, -0.1) is 0 Å². The summed E-state index contributed by atoms with van der Waals surface area (Å²) in [6.45, 7) is 4.69. The molecule has 0 fully saturated rings. The predicted octanol–water partition coefficient (Wildman–Crippen LogP) is 2.29. The highest BCUT2D eigenvalue weighted by Crippen LogP contribution is 2.22. The highest BCUT2D eigenvalue weighted by atomic mass is 16.5. The maximum atomic E-state index is 12.4. The summed E-state index contributed by atoms with van der Waals surface area (Å²) in [6, 6.07) is 6.07. The van der Waals surface area contributed by atoms with Crippen molar-refractivity contribution in [1.82, 2.24) is 20.4 Å². The van der Waals surface area contributed by atoms with Crippen molar-refractivity contribution in [2.24, 2.45) is 0 Å². The van der Waals surface area contributed by atoms with E-state index in [-0.39, 0.29) is 12.5 Å². The Kier molecular flexibility index (Phi) is 4.61. The molecule has 3 rings (SSSR count). The average molecular weight is 328 g/mol. The Morgan fingerprint density at radius 3 is 3.00 bits per heavy atom. The van der Waals surface area contributed by atoms with Crippen molar-refractivity contribution < 1.29 is 14.1 Å². The molecule has 1 amide bonds. The highest BCUT2D eigenvalue weighted by molar-refractivity contribution is 6.00. The lowest BCUT2D eigenvalue weighted by molar-refractivity contribution is 0.0945. The van der Waals surface area contributed by atoms with Crippen LogP contribution < -0.4 is 5.32 Å². The SMILES string of the molecule is COCCc1nc(CNC(=O)c2[nH]c3ccc(C)cc3c2C)no1. The average Bonchev–Trinajstić information content (AvgIpc) is 3.16. The number of fused-ring (bicyclic) bond motifs is 1. The minimum Gasteiger partial charge on any atom is -0.384 e. The fraction of sp³-hybridized carbons (Fsp3) is 0.353. The van der Waals surface area contributed by atoms with Gasteiger partial charge in [-0.1, -0.05) is 16.8 Å². The van der Waals surface area contributed by atoms with E-state index < -0.39 is 0 Å². The fourth-order valence-electron chi connectivity index (χ4n) is 2.57. The van der Waals surface area contributed by atoms with Crippen LogP contribution >= 0.6 is 0 Å². The number of H-pyrrole nitrogens is 1. The number of aryl methyl sites for hydroxylation is 2. The molecule has 0 spiro atoms. The van der Waals surface area contributed by atoms with Crippen molar-refractivity contribution in [2.45, 2.75) is 26.8 Å². The number of hydrogen-bond donors (Lipinski definition) is 2. The topological polar surface area (TPSA) is 93.0 Å². The largest absolute Gasteiger partial charge is 0.384 e. The van der Waals surface area contributed by atoms with Gasteiger partial charge < -0.3 is 19.6 Å². The van der Waals surface area contributed by atoms with Crippen LogP contribution in [-0.2, 0) is 17.7 Å². The van der Waals surface area contributed by atoms with Gasteiger partial charge in [-0.2, -0.15) is 4.98 Å². The maximum absolute atomic E-state index is 12.4. The first-order valence-electron chi connectivity index (χ1n) is 7.76. The smallest absolute Gasteiger partial charge is 0.268 e. The molecule has 0 radical (unpaired) electrons. The minimum atomic E-state index is -0.190. The summed E-state index contributed by atoms with van der Waals surface area (Å²) >= 11 is 0. The Morgan fingerprint density at radius 2 is 2.21 bits per heavy atom. The molecule has 24 heavy (non-hydrogen) atoms. The van der Waals surface area contributed by atoms with Gasteiger partial charge in [-0.05, 0) is 31.5 Å². The number of rotatable bonds is 6. The number of benzene rings is 1. The molecule has 3 aromatic rings. The zero-order chi connectivity index (χ0) is 17.1. The van der Waals surface area contributed by atoms with Crippen LogP contribution in [-0.4, -0.2) is 34.7 Å². The molecule has 0 aliphatic carbocycles. The van der Waals surface area contributed by atoms with E-state index in [2.05, 4.69) is 26.5 Å². The van der Waals surface area contributed by atoms with Crippen LogP contribution in [0.3, 0.4) is 0 Å². The summed E-state index contributed by atoms with van der Waals surface area (Å²) in [5.41, 5.74) is 3.59. The van der Waals surface area contributed by atoms with Crippen molar-refractivity contribution in [3.05, 3.63) is 46.7 Å². The molecule has 2 N–H and O–H groups in total. The predicted molar refractivity (Wildman–Crippen MR) is 88.8 cm³/mol. The minimum absolute atomic E-state index is 0.190. The number of carbonyl (C=O) groups is 1. The highest BCUT2D eigenvalue weighted by Gasteiger charge is 2.15. The van der Waals surface area contributed by atoms with Gasteiger partial charge in [0.05, 0.1) is 19.6 Å². The fourth-order valence-corrected chi connectivity index (χ4v) is 2.57. The Hall–Kier alpha value is -2.67. The first kappa shape index (κ1) is 16.2. The van der Waals surface area contributed by atoms with Crippen molar-refractivity contribution in [1.29, 1.82) is 0 Å². The first-order chi connectivity index (χ1) is 11.6. The standard InChI is InChI=1S/C17H20N4O3/c1-10-4-5-13-12(8-10)11(2)16(19-13)17(22)18-9-14-20-15(24-21-14)6-7-23-3/h4-5,8,19H,6-7,9H2,1-3H3,(H,18,22). The molecule has 0 unspecified atom stereocenters. The van der Waals surface area contributed by atoms with E-state index in [1.54, 1.807) is 7.11 Å². The van der Waals surface area contributed by atoms with Gasteiger partial charge in [-0.3, -0.25) is 4.79 Å². The van der Waals surface area contributed by atoms with Crippen LogP contribution in [0.2, 0.25) is 0 Å². The molecular weight excluding hydrogens is 308 g/mol. The van der Waals surface area contributed by atoms with Crippen LogP contribution in [0.5, 0.6) is 0 Å². The maximum Gasteiger partial charge on any atom is 0.268 e. The van der Waals surface area contributed by atoms with Crippen molar-refractivity contribution in [3.8, 4) is 0 Å². The number of methoxy groups -OCH3 is 1. The summed E-state index contributed by atoms with van der Waals surface area (Å²) in [5, 5.41) is 7.72. The molecule has 2 heterocycles. The van der Waals surface area contributed by atoms with Crippen LogP contribution in [0.15, 0.2) is 22.7 Å². The number of amides is 1. The van der Waals surface area contributed by atoms with Gasteiger partial charge in [0.15, 0.2) is 5.82 Å². The van der Waals surface area contributed by atoms with E-state index in [4.69, 9.17) is 9.26 Å². The van der Waals surface area contributed by atoms with Crippen LogP contribution in [0.1, 0.15) is 33.3 Å². The zero-order valence-electron chi connectivity index (χ0n) is 14.0. The Bertz CT molecular complexity index is 866. The van der Waals surface area contributed by atoms with E-state index in [1.807, 2.05) is 26.0 Å². The second kappa shape index (κ2) is 6.84. The van der Waals surface area contributed by atoms with Crippen LogP contribution in [0.4, 0.5) is 0 Å². The quantitative estimate of drug-likeness (QED) is 0.724. The lowest BCUT2D eigenvalue weighted by atomic mass is 10.1. The van der Waals surface area contributed by atoms with Gasteiger partial charge >= 0.3 is 0 Å². The number of carbonyl (C=O) groups excluding carboxylic acids is 1. The molecule has 0 atom stereocenters. The summed E-state index contributed by atoms with van der Waals surface area (Å²) in [7, 11) is 1.61. The zero-order valence-corrected chi connectivity index (χ0v) is 14.0. The van der Waals surface area contributed by atoms with Gasteiger partial charge in [0.25, 0.3) is 5.91 Å². The molecule has 126 valence electrons. The monoisotopic (exact) mass is 328 g/mol. The van der Waals surface area contributed by atoms with E-state index in [0.29, 0.717) is 30.4 Å². The van der Waals surface area contributed by atoms with Gasteiger partial charge in [0.1, 0.15) is 5.69 Å². The third-order valence-corrected chi connectivity index (χ3v) is 3.88. The van der Waals surface area contributed by atoms with Gasteiger partial charge in [-0.25, -0.2) is 0 Å². The molecular formula is C17H20N4O3. The first-order valence-corrected chi connectivity index (χ1v) is 7.76.